The van der Waals surface area contributed by atoms with E-state index in [1.807, 2.05) is 18.2 Å². The lowest BCUT2D eigenvalue weighted by molar-refractivity contribution is -0.154. The second-order valence-electron chi connectivity index (χ2n) is 8.36. The van der Waals surface area contributed by atoms with Gasteiger partial charge in [-0.15, -0.1) is 0 Å². The zero-order valence-electron chi connectivity index (χ0n) is 19.6. The molecule has 2 amide bonds. The number of hydrogen-bond acceptors (Lipinski definition) is 9. The molecule has 2 aromatic heterocycles. The zero-order valence-corrected chi connectivity index (χ0v) is 19.6. The van der Waals surface area contributed by atoms with E-state index >= 15 is 0 Å². The first-order valence-electron chi connectivity index (χ1n) is 11.8. The molecule has 3 N–H and O–H groups in total. The number of nitrogens with one attached hydrogen (secondary N) is 2. The summed E-state index contributed by atoms with van der Waals surface area (Å²) in [6.07, 6.45) is 7.26. The van der Waals surface area contributed by atoms with Crippen molar-refractivity contribution >= 4 is 24.1 Å². The molecular formula is C23H34N8O3. The summed E-state index contributed by atoms with van der Waals surface area (Å²) in [4.78, 5) is 41.1. The maximum absolute atomic E-state index is 12.6. The quantitative estimate of drug-likeness (QED) is 0.173. The molecule has 1 unspecified atom stereocenters. The molecule has 11 heteroatoms. The molecule has 0 radical (unpaired) electrons. The average Bonchev–Trinajstić information content (AvgIpc) is 2.88. The van der Waals surface area contributed by atoms with Crippen LogP contribution in [-0.2, 0) is 16.1 Å². The fourth-order valence-electron chi connectivity index (χ4n) is 3.87. The Morgan fingerprint density at radius 1 is 1.18 bits per heavy atom. The van der Waals surface area contributed by atoms with Crippen LogP contribution >= 0.6 is 0 Å². The lowest BCUT2D eigenvalue weighted by Gasteiger charge is -2.34. The maximum atomic E-state index is 12.6. The first kappa shape index (κ1) is 25.3. The number of anilines is 2. The van der Waals surface area contributed by atoms with Crippen molar-refractivity contribution in [1.29, 1.82) is 0 Å². The van der Waals surface area contributed by atoms with Crippen LogP contribution in [0.5, 0.6) is 0 Å². The Bertz CT molecular complexity index is 893. The van der Waals surface area contributed by atoms with Crippen LogP contribution in [0.25, 0.3) is 0 Å². The van der Waals surface area contributed by atoms with E-state index < -0.39 is 5.92 Å². The molecule has 11 nitrogen and oxygen atoms in total. The van der Waals surface area contributed by atoms with Crippen LogP contribution in [0.3, 0.4) is 0 Å². The van der Waals surface area contributed by atoms with Gasteiger partial charge in [0.1, 0.15) is 5.82 Å². The van der Waals surface area contributed by atoms with Crippen molar-refractivity contribution in [3.63, 3.8) is 0 Å². The van der Waals surface area contributed by atoms with Crippen LogP contribution in [-0.4, -0.2) is 75.2 Å². The molecule has 0 aliphatic carbocycles. The van der Waals surface area contributed by atoms with Gasteiger partial charge in [-0.05, 0) is 24.6 Å². The van der Waals surface area contributed by atoms with Crippen LogP contribution in [0, 0.1) is 5.92 Å². The summed E-state index contributed by atoms with van der Waals surface area (Å²) in [6, 6.07) is 7.45. The van der Waals surface area contributed by atoms with E-state index in [1.54, 1.807) is 18.5 Å². The third kappa shape index (κ3) is 7.92. The Morgan fingerprint density at radius 2 is 1.94 bits per heavy atom. The number of pyridine rings is 1. The third-order valence-corrected chi connectivity index (χ3v) is 5.77. The normalized spacial score (nSPS) is 14.9. The van der Waals surface area contributed by atoms with Gasteiger partial charge in [-0.2, -0.15) is 0 Å². The average molecular weight is 471 g/mol. The van der Waals surface area contributed by atoms with Gasteiger partial charge in [0.05, 0.1) is 18.2 Å². The Balaban J connectivity index is 1.48. The van der Waals surface area contributed by atoms with Gasteiger partial charge in [0.15, 0.2) is 0 Å². The van der Waals surface area contributed by atoms with Crippen molar-refractivity contribution in [3.05, 3.63) is 42.4 Å². The first-order chi connectivity index (χ1) is 16.6. The summed E-state index contributed by atoms with van der Waals surface area (Å²) in [5, 5.41) is 10.0. The number of rotatable bonds is 13. The summed E-state index contributed by atoms with van der Waals surface area (Å²) in [5.41, 5.74) is 6.44. The van der Waals surface area contributed by atoms with E-state index in [0.717, 1.165) is 57.1 Å². The van der Waals surface area contributed by atoms with Gasteiger partial charge in [-0.25, -0.2) is 20.0 Å². The van der Waals surface area contributed by atoms with Gasteiger partial charge < -0.3 is 4.90 Å². The van der Waals surface area contributed by atoms with E-state index in [2.05, 4.69) is 42.5 Å². The molecule has 0 aromatic carbocycles. The number of hydroxylamine groups is 2. The lowest BCUT2D eigenvalue weighted by atomic mass is 10.0. The zero-order chi connectivity index (χ0) is 24.2. The maximum Gasteiger partial charge on any atom is 0.243 e. The van der Waals surface area contributed by atoms with Crippen LogP contribution < -0.4 is 15.8 Å². The van der Waals surface area contributed by atoms with Crippen molar-refractivity contribution < 1.29 is 14.8 Å². The van der Waals surface area contributed by atoms with Crippen LogP contribution in [0.2, 0.25) is 0 Å². The number of hydrogen-bond donors (Lipinski definition) is 3. The van der Waals surface area contributed by atoms with Crippen LogP contribution in [0.4, 0.5) is 11.8 Å². The molecule has 1 aliphatic rings. The van der Waals surface area contributed by atoms with Gasteiger partial charge in [-0.3, -0.25) is 30.5 Å². The summed E-state index contributed by atoms with van der Waals surface area (Å²) >= 11 is 0. The smallest absolute Gasteiger partial charge is 0.243 e. The van der Waals surface area contributed by atoms with Crippen molar-refractivity contribution in [2.75, 3.05) is 43.0 Å². The highest BCUT2D eigenvalue weighted by molar-refractivity contribution is 5.80. The van der Waals surface area contributed by atoms with E-state index in [4.69, 9.17) is 0 Å². The SMILES string of the molecule is CCCCCC(CN(O)C=O)C(=O)NNc1cccc(CN2CCN(c3ncccn3)CC2)n1. The number of aromatic nitrogens is 3. The minimum atomic E-state index is -0.512. The van der Waals surface area contributed by atoms with Crippen LogP contribution in [0.1, 0.15) is 38.3 Å². The molecule has 0 bridgehead atoms. The fraction of sp³-hybridized carbons (Fsp3) is 0.522. The number of hydrazine groups is 1. The van der Waals surface area contributed by atoms with Gasteiger partial charge >= 0.3 is 0 Å². The van der Waals surface area contributed by atoms with Crippen molar-refractivity contribution in [3.8, 4) is 0 Å². The van der Waals surface area contributed by atoms with Gasteiger partial charge in [0, 0.05) is 45.1 Å². The molecule has 1 atom stereocenters. The summed E-state index contributed by atoms with van der Waals surface area (Å²) in [7, 11) is 0. The highest BCUT2D eigenvalue weighted by Crippen LogP contribution is 2.14. The predicted molar refractivity (Wildman–Crippen MR) is 128 cm³/mol. The molecule has 1 saturated heterocycles. The summed E-state index contributed by atoms with van der Waals surface area (Å²) in [5.74, 6) is 0.490. The van der Waals surface area contributed by atoms with E-state index in [9.17, 15) is 14.8 Å². The molecular weight excluding hydrogens is 436 g/mol. The molecule has 3 heterocycles. The molecule has 0 saturated carbocycles. The molecule has 1 aliphatic heterocycles. The summed E-state index contributed by atoms with van der Waals surface area (Å²) in [6.45, 7) is 6.18. The Morgan fingerprint density at radius 3 is 2.65 bits per heavy atom. The second kappa shape index (κ2) is 13.4. The van der Waals surface area contributed by atoms with E-state index in [-0.39, 0.29) is 12.5 Å². The topological polar surface area (TPSA) is 127 Å². The van der Waals surface area contributed by atoms with Crippen molar-refractivity contribution in [2.45, 2.75) is 39.2 Å². The largest absolute Gasteiger partial charge is 0.338 e. The number of carbonyl (C=O) groups is 2. The molecule has 3 rings (SSSR count). The van der Waals surface area contributed by atoms with Gasteiger partial charge in [0.2, 0.25) is 18.3 Å². The number of nitrogens with zero attached hydrogens (tertiary/aromatic N) is 6. The minimum Gasteiger partial charge on any atom is -0.338 e. The predicted octanol–water partition coefficient (Wildman–Crippen LogP) is 1.68. The molecule has 2 aromatic rings. The lowest BCUT2D eigenvalue weighted by Crippen LogP contribution is -2.46. The molecule has 34 heavy (non-hydrogen) atoms. The fourth-order valence-corrected chi connectivity index (χ4v) is 3.87. The number of carbonyl (C=O) groups excluding carboxylic acids is 2. The molecule has 0 spiro atoms. The summed E-state index contributed by atoms with van der Waals surface area (Å²) < 4.78 is 0. The first-order valence-corrected chi connectivity index (χ1v) is 11.8. The minimum absolute atomic E-state index is 0.0474. The van der Waals surface area contributed by atoms with Gasteiger partial charge in [-0.1, -0.05) is 32.3 Å². The monoisotopic (exact) mass is 470 g/mol. The Kier molecular flexibility index (Phi) is 9.98. The number of piperazine rings is 1. The highest BCUT2D eigenvalue weighted by atomic mass is 16.5. The molecule has 184 valence electrons. The highest BCUT2D eigenvalue weighted by Gasteiger charge is 2.21. The third-order valence-electron chi connectivity index (χ3n) is 5.77. The number of unbranched alkanes of at least 4 members (excludes halogenated alkanes) is 2. The van der Waals surface area contributed by atoms with Crippen molar-refractivity contribution in [2.24, 2.45) is 5.92 Å². The van der Waals surface area contributed by atoms with Crippen LogP contribution in [0.15, 0.2) is 36.7 Å². The Labute approximate surface area is 200 Å². The van der Waals surface area contributed by atoms with Gasteiger partial charge in [0.25, 0.3) is 0 Å². The molecule has 1 fully saturated rings. The Hall–Kier alpha value is -3.31. The van der Waals surface area contributed by atoms with E-state index in [1.165, 1.54) is 0 Å². The van der Waals surface area contributed by atoms with Crippen molar-refractivity contribution in [1.82, 2.24) is 30.3 Å². The number of amides is 2. The second-order valence-corrected chi connectivity index (χ2v) is 8.36. The van der Waals surface area contributed by atoms with E-state index in [0.29, 0.717) is 30.3 Å². The standard InChI is InChI=1S/C23H34N8O3/c1-2-3-4-7-19(16-31(34)18-32)22(33)28-27-21-9-5-8-20(26-21)17-29-12-14-30(15-13-29)23-24-10-6-11-25-23/h5-6,8-11,18-19,34H,2-4,7,12-17H2,1H3,(H,26,27)(H,28,33).